The number of imidazole rings is 1. The van der Waals surface area contributed by atoms with Crippen molar-refractivity contribution >= 4 is 35.5 Å². The number of hydrogen-bond acceptors (Lipinski definition) is 5. The molecular formula is C28H23N5OS. The molecule has 5 rings (SSSR count). The van der Waals surface area contributed by atoms with E-state index in [0.29, 0.717) is 12.1 Å². The fourth-order valence-electron chi connectivity index (χ4n) is 3.59. The molecule has 1 amide bonds. The fourth-order valence-corrected chi connectivity index (χ4v) is 4.38. The van der Waals surface area contributed by atoms with E-state index in [2.05, 4.69) is 10.3 Å². The topological polar surface area (TPSA) is 72.2 Å². The molecule has 6 nitrogen and oxygen atoms in total. The van der Waals surface area contributed by atoms with Crippen LogP contribution in [0.2, 0.25) is 0 Å². The Morgan fingerprint density at radius 2 is 1.71 bits per heavy atom. The fraction of sp³-hybridized carbons (Fsp3) is 0.0714. The van der Waals surface area contributed by atoms with Crippen LogP contribution in [0.4, 0.5) is 0 Å². The molecule has 172 valence electrons. The van der Waals surface area contributed by atoms with Gasteiger partial charge in [-0.1, -0.05) is 72.4 Å². The lowest BCUT2D eigenvalue weighted by molar-refractivity contribution is 0.0950. The first-order valence-electron chi connectivity index (χ1n) is 11.2. The Morgan fingerprint density at radius 1 is 0.914 bits per heavy atom. The number of nitrogens with one attached hydrogen (secondary N) is 1. The number of carbonyl (C=O) groups excluding carboxylic acids is 1. The highest BCUT2D eigenvalue weighted by molar-refractivity contribution is 7.98. The zero-order chi connectivity index (χ0) is 23.9. The molecule has 0 radical (unpaired) electrons. The van der Waals surface area contributed by atoms with E-state index in [-0.39, 0.29) is 5.91 Å². The first kappa shape index (κ1) is 22.6. The normalized spacial score (nSPS) is 11.2. The second-order valence-corrected chi connectivity index (χ2v) is 8.82. The van der Waals surface area contributed by atoms with Gasteiger partial charge in [0.05, 0.1) is 17.9 Å². The minimum atomic E-state index is -0.138. The lowest BCUT2D eigenvalue weighted by atomic mass is 10.2. The van der Waals surface area contributed by atoms with Crippen molar-refractivity contribution in [3.05, 3.63) is 125 Å². The maximum Gasteiger partial charge on any atom is 0.251 e. The average molecular weight is 478 g/mol. The van der Waals surface area contributed by atoms with E-state index >= 15 is 0 Å². The van der Waals surface area contributed by atoms with Crippen molar-refractivity contribution in [2.45, 2.75) is 17.3 Å². The molecule has 3 heterocycles. The zero-order valence-electron chi connectivity index (χ0n) is 18.9. The molecule has 0 aliphatic carbocycles. The summed E-state index contributed by atoms with van der Waals surface area (Å²) in [5, 5.41) is 8.72. The van der Waals surface area contributed by atoms with Crippen LogP contribution in [0.5, 0.6) is 0 Å². The highest BCUT2D eigenvalue weighted by Crippen LogP contribution is 2.23. The zero-order valence-corrected chi connectivity index (χ0v) is 19.7. The van der Waals surface area contributed by atoms with Crippen LogP contribution in [0.3, 0.4) is 0 Å². The molecule has 0 aliphatic rings. The maximum atomic E-state index is 12.7. The molecule has 0 fully saturated rings. The predicted octanol–water partition coefficient (Wildman–Crippen LogP) is 5.52. The molecule has 5 aromatic rings. The van der Waals surface area contributed by atoms with Gasteiger partial charge in [-0.3, -0.25) is 9.78 Å². The Labute approximate surface area is 207 Å². The smallest absolute Gasteiger partial charge is 0.251 e. The van der Waals surface area contributed by atoms with Gasteiger partial charge in [-0.15, -0.1) is 0 Å². The summed E-state index contributed by atoms with van der Waals surface area (Å²) < 4.78 is 1.82. The molecule has 0 saturated heterocycles. The van der Waals surface area contributed by atoms with Crippen LogP contribution in [-0.4, -0.2) is 25.5 Å². The van der Waals surface area contributed by atoms with Gasteiger partial charge in [0, 0.05) is 23.7 Å². The van der Waals surface area contributed by atoms with Crippen molar-refractivity contribution in [3.8, 4) is 0 Å². The highest BCUT2D eigenvalue weighted by Gasteiger charge is 2.14. The Hall–Kier alpha value is -4.23. The molecule has 0 atom stereocenters. The van der Waals surface area contributed by atoms with Gasteiger partial charge in [0.25, 0.3) is 5.91 Å². The van der Waals surface area contributed by atoms with E-state index in [4.69, 9.17) is 10.1 Å². The van der Waals surface area contributed by atoms with Crippen LogP contribution >= 0.6 is 11.8 Å². The Kier molecular flexibility index (Phi) is 6.96. The summed E-state index contributed by atoms with van der Waals surface area (Å²) in [6.07, 6.45) is 7.61. The van der Waals surface area contributed by atoms with Gasteiger partial charge in [-0.05, 0) is 47.5 Å². The largest absolute Gasteiger partial charge is 0.346 e. The molecule has 2 aromatic carbocycles. The van der Waals surface area contributed by atoms with Gasteiger partial charge < -0.3 is 5.32 Å². The number of benzene rings is 2. The number of fused-ring (bicyclic) bond motifs is 1. The van der Waals surface area contributed by atoms with Gasteiger partial charge in [0.2, 0.25) is 0 Å². The molecule has 0 saturated carbocycles. The summed E-state index contributed by atoms with van der Waals surface area (Å²) in [7, 11) is 0. The van der Waals surface area contributed by atoms with Crippen molar-refractivity contribution in [3.63, 3.8) is 0 Å². The monoisotopic (exact) mass is 477 g/mol. The van der Waals surface area contributed by atoms with Crippen LogP contribution in [0.25, 0.3) is 17.8 Å². The van der Waals surface area contributed by atoms with E-state index in [1.165, 1.54) is 0 Å². The lowest BCUT2D eigenvalue weighted by Crippen LogP contribution is -2.24. The molecule has 7 heteroatoms. The number of aromatic nitrogens is 4. The number of carbonyl (C=O) groups is 1. The molecule has 35 heavy (non-hydrogen) atoms. The van der Waals surface area contributed by atoms with Crippen molar-refractivity contribution in [2.24, 2.45) is 0 Å². The summed E-state index contributed by atoms with van der Waals surface area (Å²) >= 11 is 1.63. The standard InChI is InChI=1S/C28H23N5OS/c34-28(23-11-5-2-6-12-23)30-19-25-24(14-13-21-8-3-1-4-9-21)31-26-15-16-27(32-33(25)26)35-20-22-10-7-17-29-18-22/h1-18H,19-20H2,(H,30,34)/b14-13+. The summed E-state index contributed by atoms with van der Waals surface area (Å²) in [6, 6.07) is 27.2. The third-order valence-corrected chi connectivity index (χ3v) is 6.36. The van der Waals surface area contributed by atoms with Crippen LogP contribution in [0, 0.1) is 0 Å². The minimum Gasteiger partial charge on any atom is -0.346 e. The van der Waals surface area contributed by atoms with Gasteiger partial charge in [-0.2, -0.15) is 5.10 Å². The number of rotatable bonds is 8. The number of pyridine rings is 1. The minimum absolute atomic E-state index is 0.138. The van der Waals surface area contributed by atoms with E-state index in [1.807, 2.05) is 95.7 Å². The third kappa shape index (κ3) is 5.65. The number of amides is 1. The highest BCUT2D eigenvalue weighted by atomic mass is 32.2. The Morgan fingerprint density at radius 3 is 2.49 bits per heavy atom. The predicted molar refractivity (Wildman–Crippen MR) is 140 cm³/mol. The third-order valence-electron chi connectivity index (χ3n) is 5.37. The summed E-state index contributed by atoms with van der Waals surface area (Å²) in [4.78, 5) is 21.7. The second-order valence-electron chi connectivity index (χ2n) is 7.83. The van der Waals surface area contributed by atoms with Gasteiger partial charge in [0.15, 0.2) is 5.65 Å². The Balaban J connectivity index is 1.44. The van der Waals surface area contributed by atoms with Crippen LogP contribution in [-0.2, 0) is 12.3 Å². The summed E-state index contributed by atoms with van der Waals surface area (Å²) in [5.74, 6) is 0.627. The maximum absolute atomic E-state index is 12.7. The number of hydrogen-bond donors (Lipinski definition) is 1. The molecule has 0 spiro atoms. The first-order chi connectivity index (χ1) is 17.3. The van der Waals surface area contributed by atoms with E-state index in [0.717, 1.165) is 38.9 Å². The lowest BCUT2D eigenvalue weighted by Gasteiger charge is -2.07. The first-order valence-corrected chi connectivity index (χ1v) is 12.2. The van der Waals surface area contributed by atoms with Crippen LogP contribution in [0.1, 0.15) is 32.9 Å². The molecule has 0 bridgehead atoms. The second kappa shape index (κ2) is 10.8. The quantitative estimate of drug-likeness (QED) is 0.298. The average Bonchev–Trinajstić information content (AvgIpc) is 3.27. The van der Waals surface area contributed by atoms with Gasteiger partial charge >= 0.3 is 0 Å². The van der Waals surface area contributed by atoms with Crippen molar-refractivity contribution in [1.29, 1.82) is 0 Å². The summed E-state index contributed by atoms with van der Waals surface area (Å²) in [5.41, 5.74) is 5.14. The molecule has 3 aromatic heterocycles. The molecule has 1 N–H and O–H groups in total. The van der Waals surface area contributed by atoms with Crippen molar-refractivity contribution in [1.82, 2.24) is 24.9 Å². The van der Waals surface area contributed by atoms with E-state index in [9.17, 15) is 4.79 Å². The van der Waals surface area contributed by atoms with Crippen molar-refractivity contribution in [2.75, 3.05) is 0 Å². The summed E-state index contributed by atoms with van der Waals surface area (Å²) in [6.45, 7) is 0.299. The molecule has 0 unspecified atom stereocenters. The van der Waals surface area contributed by atoms with E-state index in [1.54, 1.807) is 30.1 Å². The van der Waals surface area contributed by atoms with E-state index < -0.39 is 0 Å². The molecule has 0 aliphatic heterocycles. The molecular weight excluding hydrogens is 454 g/mol. The van der Waals surface area contributed by atoms with Gasteiger partial charge in [0.1, 0.15) is 5.03 Å². The van der Waals surface area contributed by atoms with Crippen LogP contribution in [0.15, 0.2) is 102 Å². The number of nitrogens with zero attached hydrogens (tertiary/aromatic N) is 4. The van der Waals surface area contributed by atoms with Crippen molar-refractivity contribution < 1.29 is 4.79 Å². The Bertz CT molecular complexity index is 1450. The van der Waals surface area contributed by atoms with Gasteiger partial charge in [-0.25, -0.2) is 9.50 Å². The SMILES string of the molecule is O=C(NCc1c(/C=C/c2ccccc2)nc2ccc(SCc3cccnc3)nn12)c1ccccc1. The van der Waals surface area contributed by atoms with Crippen LogP contribution < -0.4 is 5.32 Å². The number of thioether (sulfide) groups is 1.